The number of fused-ring (bicyclic) bond motifs is 2. The molecule has 10 amide bonds. The quantitative estimate of drug-likeness (QED) is 0.0661. The second kappa shape index (κ2) is 27.3. The average molecular weight is 1110 g/mol. The Labute approximate surface area is 479 Å². The van der Waals surface area contributed by atoms with Gasteiger partial charge in [0.25, 0.3) is 0 Å². The number of nitrogens with zero attached hydrogens (tertiary/aromatic N) is 4. The summed E-state index contributed by atoms with van der Waals surface area (Å²) in [5, 5.41) is 21.1. The van der Waals surface area contributed by atoms with Crippen LogP contribution in [0.2, 0.25) is 0 Å². The molecule has 82 heavy (non-hydrogen) atoms. The topological polar surface area (TPSA) is 234 Å². The third-order valence-electron chi connectivity index (χ3n) is 16.3. The molecule has 7 unspecified atom stereocenters. The van der Waals surface area contributed by atoms with Gasteiger partial charge in [0.2, 0.25) is 35.4 Å². The summed E-state index contributed by atoms with van der Waals surface area (Å²) >= 11 is 0. The number of urea groups is 2. The Morgan fingerprint density at radius 2 is 0.902 bits per heavy atom. The van der Waals surface area contributed by atoms with Gasteiger partial charge in [-0.1, -0.05) is 153 Å². The zero-order valence-electron chi connectivity index (χ0n) is 46.8. The number of likely N-dealkylation sites (N-methyl/N-ethyl adjacent to an activating group) is 1. The molecule has 4 heterocycles. The number of nitrogens with one attached hydrogen (secondary N) is 7. The summed E-state index contributed by atoms with van der Waals surface area (Å²) in [6.07, 6.45) is 2.90. The predicted molar refractivity (Wildman–Crippen MR) is 309 cm³/mol. The van der Waals surface area contributed by atoms with Crippen molar-refractivity contribution in [2.24, 2.45) is 0 Å². The van der Waals surface area contributed by atoms with Crippen molar-refractivity contribution < 1.29 is 38.4 Å². The van der Waals surface area contributed by atoms with Crippen molar-refractivity contribution in [2.45, 2.75) is 126 Å². The molecule has 19 heteroatoms. The van der Waals surface area contributed by atoms with E-state index in [0.29, 0.717) is 38.5 Å². The van der Waals surface area contributed by atoms with Crippen molar-refractivity contribution in [3.05, 3.63) is 179 Å². The lowest BCUT2D eigenvalue weighted by Gasteiger charge is -2.39. The third-order valence-corrected chi connectivity index (χ3v) is 16.3. The van der Waals surface area contributed by atoms with Crippen LogP contribution in [0.5, 0.6) is 0 Å². The highest BCUT2D eigenvalue weighted by Gasteiger charge is 2.48. The van der Waals surface area contributed by atoms with Gasteiger partial charge in [-0.05, 0) is 85.9 Å². The van der Waals surface area contributed by atoms with Crippen molar-refractivity contribution in [2.75, 3.05) is 33.2 Å². The molecule has 9 rings (SSSR count). The first-order valence-electron chi connectivity index (χ1n) is 28.6. The molecule has 0 aromatic heterocycles. The Morgan fingerprint density at radius 3 is 1.28 bits per heavy atom. The minimum Gasteiger partial charge on any atom is -0.343 e. The first-order valence-corrected chi connectivity index (χ1v) is 28.6. The van der Waals surface area contributed by atoms with Crippen molar-refractivity contribution >= 4 is 47.5 Å². The van der Waals surface area contributed by atoms with Crippen LogP contribution in [0.3, 0.4) is 0 Å². The molecule has 0 aliphatic carbocycles. The largest absolute Gasteiger partial charge is 0.343 e. The highest BCUT2D eigenvalue weighted by molar-refractivity contribution is 5.95. The minimum atomic E-state index is -1.14. The molecular weight excluding hydrogens is 1040 g/mol. The molecule has 0 saturated carbocycles. The summed E-state index contributed by atoms with van der Waals surface area (Å²) < 4.78 is 0. The standard InChI is InChI=1S/C63H75N11O8/c1-4-54(75)67-50-39-71(34-32-48-28-30-52(73(48)60(50)79)58(77)69-55(44-20-9-5-10-21-44)45-22-11-6-12-23-45)62(81)65-37-42-18-17-19-43(36-42)38-66-63(82)72-35-33-49-29-31-53(74(49)61(80)51(40-72)68-57(76)41(2)64-3)59(78)70-56(46-24-13-7-14-25-46)47-26-15-8-16-27-47/h5-27,36,41,48-53,55-56,64H,4,28-35,37-40H2,1-3H3,(H,65,81)(H,66,82)(H,67,75)(H,68,76)(H,69,77)(H,70,78). The summed E-state index contributed by atoms with van der Waals surface area (Å²) in [5.74, 6) is -2.21. The van der Waals surface area contributed by atoms with Crippen molar-refractivity contribution in [1.29, 1.82) is 0 Å². The molecule has 5 aromatic rings. The van der Waals surface area contributed by atoms with E-state index in [1.165, 1.54) is 0 Å². The first-order chi connectivity index (χ1) is 39.8. The molecule has 4 aliphatic rings. The van der Waals surface area contributed by atoms with Crippen LogP contribution in [0, 0.1) is 0 Å². The fourth-order valence-corrected chi connectivity index (χ4v) is 11.8. The summed E-state index contributed by atoms with van der Waals surface area (Å²) in [6.45, 7) is 3.90. The summed E-state index contributed by atoms with van der Waals surface area (Å²) in [4.78, 5) is 119. The van der Waals surface area contributed by atoms with Gasteiger partial charge >= 0.3 is 12.1 Å². The third kappa shape index (κ3) is 13.9. The molecule has 0 radical (unpaired) electrons. The summed E-state index contributed by atoms with van der Waals surface area (Å²) in [5.41, 5.74) is 5.08. The Hall–Kier alpha value is -8.58. The van der Waals surface area contributed by atoms with Gasteiger partial charge in [0.05, 0.1) is 31.2 Å². The van der Waals surface area contributed by atoms with Gasteiger partial charge in [0, 0.05) is 44.7 Å². The van der Waals surface area contributed by atoms with Crippen molar-refractivity contribution in [3.63, 3.8) is 0 Å². The Balaban J connectivity index is 0.821. The van der Waals surface area contributed by atoms with Gasteiger partial charge < -0.3 is 56.8 Å². The Morgan fingerprint density at radius 1 is 0.512 bits per heavy atom. The van der Waals surface area contributed by atoms with Crippen LogP contribution >= 0.6 is 0 Å². The van der Waals surface area contributed by atoms with E-state index in [-0.39, 0.29) is 75.5 Å². The molecule has 4 aliphatic heterocycles. The van der Waals surface area contributed by atoms with Crippen LogP contribution in [-0.2, 0) is 41.9 Å². The van der Waals surface area contributed by atoms with Crippen LogP contribution in [0.25, 0.3) is 0 Å². The number of carbonyl (C=O) groups is 8. The van der Waals surface area contributed by atoms with Crippen LogP contribution < -0.4 is 37.2 Å². The fourth-order valence-electron chi connectivity index (χ4n) is 11.8. The number of carbonyl (C=O) groups excluding carboxylic acids is 8. The highest BCUT2D eigenvalue weighted by Crippen LogP contribution is 2.33. The molecule has 7 atom stereocenters. The van der Waals surface area contributed by atoms with E-state index in [1.807, 2.05) is 146 Å². The second-order valence-corrected chi connectivity index (χ2v) is 21.7. The molecule has 0 spiro atoms. The molecule has 430 valence electrons. The van der Waals surface area contributed by atoms with Crippen LogP contribution in [0.15, 0.2) is 146 Å². The monoisotopic (exact) mass is 1110 g/mol. The van der Waals surface area contributed by atoms with Crippen LogP contribution in [0.4, 0.5) is 9.59 Å². The lowest BCUT2D eigenvalue weighted by Crippen LogP contribution is -2.63. The van der Waals surface area contributed by atoms with Crippen LogP contribution in [-0.4, -0.2) is 143 Å². The van der Waals surface area contributed by atoms with E-state index in [9.17, 15) is 38.4 Å². The zero-order chi connectivity index (χ0) is 57.7. The number of hydrogen-bond donors (Lipinski definition) is 7. The van der Waals surface area contributed by atoms with Crippen molar-refractivity contribution in [3.8, 4) is 0 Å². The maximum atomic E-state index is 14.7. The smallest absolute Gasteiger partial charge is 0.317 e. The van der Waals surface area contributed by atoms with Gasteiger partial charge in [0.15, 0.2) is 0 Å². The summed E-state index contributed by atoms with van der Waals surface area (Å²) in [7, 11) is 1.64. The maximum absolute atomic E-state index is 14.7. The molecular formula is C63H75N11O8. The zero-order valence-corrected chi connectivity index (χ0v) is 46.8. The number of hydrogen-bond acceptors (Lipinski definition) is 9. The Kier molecular flexibility index (Phi) is 19.3. The molecule has 4 fully saturated rings. The SMILES string of the molecule is CCC(=O)NC1CN(C(=O)NCc2cccc(CNC(=O)N3CCC4CCC(C(=O)NC(c5ccccc5)c5ccccc5)N4C(=O)C(NC(=O)C(C)NC)C3)c2)CCC2CCC(C(=O)NC(c3ccccc3)c3ccccc3)N2C1=O. The van der Waals surface area contributed by atoms with E-state index < -0.39 is 72.1 Å². The number of rotatable bonds is 17. The Bertz CT molecular complexity index is 2970. The highest BCUT2D eigenvalue weighted by atomic mass is 16.2. The van der Waals surface area contributed by atoms with Gasteiger partial charge in [-0.25, -0.2) is 9.59 Å². The fraction of sp³-hybridized carbons (Fsp3) is 0.397. The number of benzene rings is 5. The van der Waals surface area contributed by atoms with E-state index in [4.69, 9.17) is 0 Å². The minimum absolute atomic E-state index is 0.101. The predicted octanol–water partition coefficient (Wildman–Crippen LogP) is 5.04. The van der Waals surface area contributed by atoms with E-state index in [0.717, 1.165) is 33.4 Å². The van der Waals surface area contributed by atoms with Gasteiger partial charge in [-0.2, -0.15) is 0 Å². The first kappa shape index (κ1) is 58.1. The van der Waals surface area contributed by atoms with Gasteiger partial charge in [0.1, 0.15) is 24.2 Å². The molecule has 0 bridgehead atoms. The lowest BCUT2D eigenvalue weighted by molar-refractivity contribution is -0.145. The van der Waals surface area contributed by atoms with Gasteiger partial charge in [-0.3, -0.25) is 28.8 Å². The lowest BCUT2D eigenvalue weighted by atomic mass is 9.98. The second-order valence-electron chi connectivity index (χ2n) is 21.7. The normalized spacial score (nSPS) is 21.2. The number of amides is 10. The molecule has 19 nitrogen and oxygen atoms in total. The average Bonchev–Trinajstić information content (AvgIpc) is 4.36. The van der Waals surface area contributed by atoms with Gasteiger partial charge in [-0.15, -0.1) is 0 Å². The van der Waals surface area contributed by atoms with E-state index >= 15 is 0 Å². The molecule has 5 aromatic carbocycles. The van der Waals surface area contributed by atoms with Crippen LogP contribution in [0.1, 0.15) is 104 Å². The van der Waals surface area contributed by atoms with E-state index in [2.05, 4.69) is 37.2 Å². The maximum Gasteiger partial charge on any atom is 0.317 e. The molecule has 7 N–H and O–H groups in total. The summed E-state index contributed by atoms with van der Waals surface area (Å²) in [6, 6.07) is 39.1. The molecule has 4 saturated heterocycles. The van der Waals surface area contributed by atoms with E-state index in [1.54, 1.807) is 40.5 Å². The van der Waals surface area contributed by atoms with Crippen molar-refractivity contribution in [1.82, 2.24) is 56.8 Å².